The van der Waals surface area contributed by atoms with E-state index in [0.717, 1.165) is 0 Å². The first-order chi connectivity index (χ1) is 7.74. The standard InChI is InChI=1S/C14H14BrN/c1-16(2)13-8-4-7-11-5-3-6-12(9-10-15)14(11)13/h3-10H,1-2H3. The molecule has 16 heavy (non-hydrogen) atoms. The van der Waals surface area contributed by atoms with Gasteiger partial charge in [0, 0.05) is 25.2 Å². The molecule has 0 aliphatic carbocycles. The number of hydrogen-bond acceptors (Lipinski definition) is 1. The van der Waals surface area contributed by atoms with Crippen molar-refractivity contribution in [3.8, 4) is 0 Å². The van der Waals surface area contributed by atoms with Gasteiger partial charge in [-0.15, -0.1) is 0 Å². The molecule has 0 spiro atoms. The van der Waals surface area contributed by atoms with Gasteiger partial charge in [-0.25, -0.2) is 0 Å². The van der Waals surface area contributed by atoms with E-state index < -0.39 is 0 Å². The summed E-state index contributed by atoms with van der Waals surface area (Å²) >= 11 is 3.34. The molecule has 0 aliphatic heterocycles. The molecule has 0 atom stereocenters. The highest BCUT2D eigenvalue weighted by Crippen LogP contribution is 2.29. The quantitative estimate of drug-likeness (QED) is 0.791. The number of hydrogen-bond donors (Lipinski definition) is 0. The Hall–Kier alpha value is -1.28. The van der Waals surface area contributed by atoms with E-state index in [1.165, 1.54) is 22.0 Å². The Bertz CT molecular complexity index is 524. The van der Waals surface area contributed by atoms with E-state index >= 15 is 0 Å². The van der Waals surface area contributed by atoms with Crippen LogP contribution in [0.1, 0.15) is 5.56 Å². The van der Waals surface area contributed by atoms with Crippen LogP contribution in [-0.4, -0.2) is 14.1 Å². The number of fused-ring (bicyclic) bond motifs is 1. The highest BCUT2D eigenvalue weighted by molar-refractivity contribution is 9.11. The van der Waals surface area contributed by atoms with Crippen LogP contribution in [0, 0.1) is 0 Å². The van der Waals surface area contributed by atoms with Gasteiger partial charge in [0.1, 0.15) is 0 Å². The number of nitrogens with zero attached hydrogens (tertiary/aromatic N) is 1. The molecular formula is C14H14BrN. The molecule has 0 aromatic heterocycles. The van der Waals surface area contributed by atoms with Gasteiger partial charge in [0.25, 0.3) is 0 Å². The van der Waals surface area contributed by atoms with Gasteiger partial charge in [0.05, 0.1) is 0 Å². The molecular weight excluding hydrogens is 262 g/mol. The Morgan fingerprint density at radius 2 is 1.75 bits per heavy atom. The van der Waals surface area contributed by atoms with Crippen molar-refractivity contribution in [1.29, 1.82) is 0 Å². The summed E-state index contributed by atoms with van der Waals surface area (Å²) in [5, 5.41) is 2.57. The first kappa shape index (κ1) is 11.2. The molecule has 0 N–H and O–H groups in total. The van der Waals surface area contributed by atoms with Gasteiger partial charge in [0.15, 0.2) is 0 Å². The zero-order valence-corrected chi connectivity index (χ0v) is 11.0. The predicted molar refractivity (Wildman–Crippen MR) is 76.2 cm³/mol. The minimum atomic E-state index is 1.23. The highest BCUT2D eigenvalue weighted by atomic mass is 79.9. The summed E-state index contributed by atoms with van der Waals surface area (Å²) in [7, 11) is 4.15. The summed E-state index contributed by atoms with van der Waals surface area (Å²) in [6, 6.07) is 12.8. The van der Waals surface area contributed by atoms with Crippen LogP contribution in [0.25, 0.3) is 16.8 Å². The summed E-state index contributed by atoms with van der Waals surface area (Å²) in [6.45, 7) is 0. The zero-order chi connectivity index (χ0) is 11.5. The van der Waals surface area contributed by atoms with E-state index in [2.05, 4.69) is 77.4 Å². The van der Waals surface area contributed by atoms with Crippen molar-refractivity contribution >= 4 is 38.5 Å². The maximum Gasteiger partial charge on any atom is 0.0446 e. The number of rotatable bonds is 2. The third-order valence-corrected chi connectivity index (χ3v) is 2.90. The summed E-state index contributed by atoms with van der Waals surface area (Å²) in [5.41, 5.74) is 2.48. The normalized spacial score (nSPS) is 11.2. The number of benzene rings is 2. The molecule has 0 heterocycles. The van der Waals surface area contributed by atoms with Gasteiger partial charge in [-0.05, 0) is 28.1 Å². The topological polar surface area (TPSA) is 3.24 Å². The van der Waals surface area contributed by atoms with Gasteiger partial charge in [0.2, 0.25) is 0 Å². The maximum atomic E-state index is 3.34. The second-order valence-electron chi connectivity index (χ2n) is 3.91. The monoisotopic (exact) mass is 275 g/mol. The molecule has 2 heteroatoms. The molecule has 0 bridgehead atoms. The van der Waals surface area contributed by atoms with Crippen molar-refractivity contribution in [1.82, 2.24) is 0 Å². The molecule has 0 unspecified atom stereocenters. The van der Waals surface area contributed by atoms with E-state index in [-0.39, 0.29) is 0 Å². The second-order valence-corrected chi connectivity index (χ2v) is 4.44. The Balaban J connectivity index is 2.81. The van der Waals surface area contributed by atoms with Crippen LogP contribution in [0.2, 0.25) is 0 Å². The first-order valence-corrected chi connectivity index (χ1v) is 6.11. The zero-order valence-electron chi connectivity index (χ0n) is 9.44. The summed E-state index contributed by atoms with van der Waals surface area (Å²) in [6.07, 6.45) is 2.08. The highest BCUT2D eigenvalue weighted by Gasteiger charge is 2.05. The molecule has 0 aliphatic rings. The van der Waals surface area contributed by atoms with E-state index in [4.69, 9.17) is 0 Å². The third kappa shape index (κ3) is 1.98. The number of anilines is 1. The molecule has 2 aromatic rings. The van der Waals surface area contributed by atoms with Crippen molar-refractivity contribution in [3.05, 3.63) is 46.9 Å². The fourth-order valence-electron chi connectivity index (χ4n) is 1.93. The minimum absolute atomic E-state index is 1.23. The first-order valence-electron chi connectivity index (χ1n) is 5.20. The lowest BCUT2D eigenvalue weighted by molar-refractivity contribution is 1.14. The van der Waals surface area contributed by atoms with Gasteiger partial charge in [-0.3, -0.25) is 0 Å². The minimum Gasteiger partial charge on any atom is -0.377 e. The molecule has 0 saturated heterocycles. The second kappa shape index (κ2) is 4.71. The average molecular weight is 276 g/mol. The molecule has 2 rings (SSSR count). The van der Waals surface area contributed by atoms with Crippen molar-refractivity contribution in [2.45, 2.75) is 0 Å². The fourth-order valence-corrected chi connectivity index (χ4v) is 2.21. The van der Waals surface area contributed by atoms with Gasteiger partial charge in [-0.1, -0.05) is 46.3 Å². The molecule has 0 amide bonds. The lowest BCUT2D eigenvalue weighted by Gasteiger charge is -2.16. The van der Waals surface area contributed by atoms with Crippen LogP contribution < -0.4 is 4.90 Å². The van der Waals surface area contributed by atoms with Crippen molar-refractivity contribution < 1.29 is 0 Å². The van der Waals surface area contributed by atoms with Crippen molar-refractivity contribution in [2.75, 3.05) is 19.0 Å². The van der Waals surface area contributed by atoms with E-state index in [1.54, 1.807) is 0 Å². The fraction of sp³-hybridized carbons (Fsp3) is 0.143. The Morgan fingerprint density at radius 1 is 1.06 bits per heavy atom. The Morgan fingerprint density at radius 3 is 2.38 bits per heavy atom. The average Bonchev–Trinajstić information content (AvgIpc) is 2.29. The summed E-state index contributed by atoms with van der Waals surface area (Å²) < 4.78 is 0. The summed E-state index contributed by atoms with van der Waals surface area (Å²) in [5.74, 6) is 0. The van der Waals surface area contributed by atoms with E-state index in [0.29, 0.717) is 0 Å². The number of halogens is 1. The molecule has 0 radical (unpaired) electrons. The van der Waals surface area contributed by atoms with Crippen LogP contribution in [0.15, 0.2) is 41.4 Å². The predicted octanol–water partition coefficient (Wildman–Crippen LogP) is 4.27. The molecule has 1 nitrogen and oxygen atoms in total. The SMILES string of the molecule is CN(C)c1cccc2cccc(C=CBr)c12. The molecule has 2 aromatic carbocycles. The maximum absolute atomic E-state index is 3.34. The van der Waals surface area contributed by atoms with Crippen LogP contribution in [0.4, 0.5) is 5.69 Å². The Kier molecular flexibility index (Phi) is 3.30. The van der Waals surface area contributed by atoms with Gasteiger partial charge < -0.3 is 4.90 Å². The van der Waals surface area contributed by atoms with Crippen LogP contribution >= 0.6 is 15.9 Å². The largest absolute Gasteiger partial charge is 0.377 e. The van der Waals surface area contributed by atoms with E-state index in [1.807, 2.05) is 4.99 Å². The molecule has 82 valence electrons. The van der Waals surface area contributed by atoms with Gasteiger partial charge in [-0.2, -0.15) is 0 Å². The Labute approximate surface area is 105 Å². The van der Waals surface area contributed by atoms with Crippen LogP contribution in [-0.2, 0) is 0 Å². The molecule has 0 fully saturated rings. The molecule has 0 saturated carbocycles. The van der Waals surface area contributed by atoms with Gasteiger partial charge >= 0.3 is 0 Å². The van der Waals surface area contributed by atoms with Crippen molar-refractivity contribution in [3.63, 3.8) is 0 Å². The van der Waals surface area contributed by atoms with Crippen LogP contribution in [0.5, 0.6) is 0 Å². The van der Waals surface area contributed by atoms with Crippen LogP contribution in [0.3, 0.4) is 0 Å². The lowest BCUT2D eigenvalue weighted by atomic mass is 10.0. The summed E-state index contributed by atoms with van der Waals surface area (Å²) in [4.78, 5) is 4.04. The van der Waals surface area contributed by atoms with Crippen molar-refractivity contribution in [2.24, 2.45) is 0 Å². The third-order valence-electron chi connectivity index (χ3n) is 2.64. The smallest absolute Gasteiger partial charge is 0.0446 e. The van der Waals surface area contributed by atoms with E-state index in [9.17, 15) is 0 Å². The lowest BCUT2D eigenvalue weighted by Crippen LogP contribution is -2.09.